The second kappa shape index (κ2) is 3.46. The molecule has 2 aromatic rings. The molecule has 2 aromatic heterocycles. The van der Waals surface area contributed by atoms with Crippen molar-refractivity contribution in [1.29, 1.82) is 0 Å². The summed E-state index contributed by atoms with van der Waals surface area (Å²) in [7, 11) is 0. The Bertz CT molecular complexity index is 354. The minimum atomic E-state index is 0. The molecule has 2 rings (SSSR count). The van der Waals surface area contributed by atoms with E-state index in [0.29, 0.717) is 0 Å². The second-order valence-corrected chi connectivity index (χ2v) is 2.21. The summed E-state index contributed by atoms with van der Waals surface area (Å²) in [6, 6.07) is 6.90. The van der Waals surface area contributed by atoms with Gasteiger partial charge in [0.25, 0.3) is 0 Å². The molecule has 2 nitrogen and oxygen atoms in total. The van der Waals surface area contributed by atoms with Crippen LogP contribution >= 0.6 is 0 Å². The molecule has 0 unspecified atom stereocenters. The number of aryl methyl sites for hydroxylation is 1. The van der Waals surface area contributed by atoms with Crippen LogP contribution < -0.4 is 0 Å². The van der Waals surface area contributed by atoms with Crippen LogP contribution in [0.1, 0.15) is 5.82 Å². The third-order valence-corrected chi connectivity index (χ3v) is 1.54. The van der Waals surface area contributed by atoms with E-state index in [4.69, 9.17) is 0 Å². The van der Waals surface area contributed by atoms with E-state index in [-0.39, 0.29) is 32.7 Å². The molecule has 0 saturated carbocycles. The van der Waals surface area contributed by atoms with Crippen molar-refractivity contribution in [2.45, 2.75) is 6.92 Å². The van der Waals surface area contributed by atoms with Crippen molar-refractivity contribution >= 4 is 5.52 Å². The second-order valence-electron chi connectivity index (χ2n) is 2.21. The van der Waals surface area contributed by atoms with Crippen LogP contribution in [0.25, 0.3) is 5.52 Å². The molecule has 0 amide bonds. The third kappa shape index (κ3) is 1.52. The SMILES string of the molecule is Cc1ncc2[c-]cccn12.[Y]. The number of hydrogen-bond donors (Lipinski definition) is 0. The van der Waals surface area contributed by atoms with Gasteiger partial charge in [-0.2, -0.15) is 12.1 Å². The minimum Gasteiger partial charge on any atom is -0.341 e. The predicted molar refractivity (Wildman–Crippen MR) is 38.8 cm³/mol. The van der Waals surface area contributed by atoms with Gasteiger partial charge in [0.2, 0.25) is 0 Å². The summed E-state index contributed by atoms with van der Waals surface area (Å²) in [4.78, 5) is 4.13. The Morgan fingerprint density at radius 2 is 2.36 bits per heavy atom. The van der Waals surface area contributed by atoms with Crippen LogP contribution in [0.5, 0.6) is 0 Å². The summed E-state index contributed by atoms with van der Waals surface area (Å²) in [6.45, 7) is 1.97. The van der Waals surface area contributed by atoms with Gasteiger partial charge in [0.05, 0.1) is 5.82 Å². The maximum absolute atomic E-state index is 4.13. The van der Waals surface area contributed by atoms with Crippen LogP contribution in [-0.2, 0) is 32.7 Å². The van der Waals surface area contributed by atoms with E-state index in [9.17, 15) is 0 Å². The maximum atomic E-state index is 4.13. The molecule has 0 saturated heterocycles. The molecular formula is C8H7N2Y-. The van der Waals surface area contributed by atoms with Crippen LogP contribution in [-0.4, -0.2) is 9.38 Å². The van der Waals surface area contributed by atoms with Crippen molar-refractivity contribution in [2.24, 2.45) is 0 Å². The summed E-state index contributed by atoms with van der Waals surface area (Å²) < 4.78 is 2.00. The van der Waals surface area contributed by atoms with E-state index < -0.39 is 0 Å². The Hall–Kier alpha value is -0.206. The topological polar surface area (TPSA) is 17.3 Å². The first-order valence-corrected chi connectivity index (χ1v) is 3.18. The van der Waals surface area contributed by atoms with E-state index in [1.54, 1.807) is 0 Å². The van der Waals surface area contributed by atoms with E-state index in [1.165, 1.54) is 0 Å². The van der Waals surface area contributed by atoms with Crippen molar-refractivity contribution in [3.63, 3.8) is 0 Å². The molecule has 0 aliphatic rings. The standard InChI is InChI=1S/C8H7N2.Y/c1-7-9-6-8-4-2-3-5-10(7)8;/h2-3,5-6H,1H3;/q-1;. The van der Waals surface area contributed by atoms with Crippen molar-refractivity contribution < 1.29 is 32.7 Å². The normalized spacial score (nSPS) is 9.55. The van der Waals surface area contributed by atoms with Gasteiger partial charge in [-0.25, -0.2) is 0 Å². The van der Waals surface area contributed by atoms with E-state index in [2.05, 4.69) is 11.1 Å². The van der Waals surface area contributed by atoms with Gasteiger partial charge in [-0.1, -0.05) is 0 Å². The molecule has 2 heterocycles. The molecule has 0 fully saturated rings. The van der Waals surface area contributed by atoms with Crippen LogP contribution in [0.3, 0.4) is 0 Å². The molecule has 11 heavy (non-hydrogen) atoms. The Morgan fingerprint density at radius 1 is 1.55 bits per heavy atom. The van der Waals surface area contributed by atoms with Crippen molar-refractivity contribution in [3.05, 3.63) is 36.4 Å². The molecule has 1 radical (unpaired) electrons. The molecule has 0 atom stereocenters. The zero-order chi connectivity index (χ0) is 6.97. The first kappa shape index (κ1) is 8.89. The Labute approximate surface area is 90.5 Å². The van der Waals surface area contributed by atoms with Gasteiger partial charge < -0.3 is 9.38 Å². The monoisotopic (exact) mass is 220 g/mol. The number of imidazole rings is 1. The van der Waals surface area contributed by atoms with E-state index >= 15 is 0 Å². The predicted octanol–water partition coefficient (Wildman–Crippen LogP) is 1.44. The molecule has 0 N–H and O–H groups in total. The summed E-state index contributed by atoms with van der Waals surface area (Å²) in [5.74, 6) is 1.01. The molecule has 53 valence electrons. The Balaban J connectivity index is 0.000000605. The third-order valence-electron chi connectivity index (χ3n) is 1.54. The van der Waals surface area contributed by atoms with Crippen LogP contribution in [0.4, 0.5) is 0 Å². The number of rotatable bonds is 0. The summed E-state index contributed by atoms with van der Waals surface area (Å²) >= 11 is 0. The average Bonchev–Trinajstić information content (AvgIpc) is 2.34. The quantitative estimate of drug-likeness (QED) is 0.614. The zero-order valence-electron chi connectivity index (χ0n) is 6.28. The van der Waals surface area contributed by atoms with Crippen LogP contribution in [0.2, 0.25) is 0 Å². The van der Waals surface area contributed by atoms with Crippen molar-refractivity contribution in [3.8, 4) is 0 Å². The van der Waals surface area contributed by atoms with Gasteiger partial charge in [-0.15, -0.1) is 6.07 Å². The van der Waals surface area contributed by atoms with Crippen molar-refractivity contribution in [2.75, 3.05) is 0 Å². The minimum absolute atomic E-state index is 0. The fourth-order valence-electron chi connectivity index (χ4n) is 1.01. The van der Waals surface area contributed by atoms with Gasteiger partial charge in [-0.05, 0) is 24.8 Å². The van der Waals surface area contributed by atoms with E-state index in [0.717, 1.165) is 11.3 Å². The van der Waals surface area contributed by atoms with Crippen LogP contribution in [0.15, 0.2) is 24.5 Å². The van der Waals surface area contributed by atoms with Crippen molar-refractivity contribution in [1.82, 2.24) is 9.38 Å². The Morgan fingerprint density at radius 3 is 3.09 bits per heavy atom. The number of nitrogens with zero attached hydrogens (tertiary/aromatic N) is 2. The van der Waals surface area contributed by atoms with Gasteiger partial charge >= 0.3 is 0 Å². The molecule has 0 aliphatic carbocycles. The van der Waals surface area contributed by atoms with Gasteiger partial charge in [0, 0.05) is 32.7 Å². The maximum Gasteiger partial charge on any atom is 0.0934 e. The van der Waals surface area contributed by atoms with Gasteiger partial charge in [0.1, 0.15) is 0 Å². The number of aromatic nitrogens is 2. The summed E-state index contributed by atoms with van der Waals surface area (Å²) in [6.07, 6.45) is 3.80. The summed E-state index contributed by atoms with van der Waals surface area (Å²) in [5.41, 5.74) is 1.03. The van der Waals surface area contributed by atoms with Gasteiger partial charge in [-0.3, -0.25) is 0 Å². The summed E-state index contributed by atoms with van der Waals surface area (Å²) in [5, 5.41) is 0. The number of hydrogen-bond acceptors (Lipinski definition) is 1. The molecule has 0 spiro atoms. The first-order valence-electron chi connectivity index (χ1n) is 3.18. The van der Waals surface area contributed by atoms with Crippen LogP contribution in [0, 0.1) is 13.0 Å². The largest absolute Gasteiger partial charge is 0.341 e. The molecule has 0 aromatic carbocycles. The molecule has 3 heteroatoms. The van der Waals surface area contributed by atoms with E-state index in [1.807, 2.05) is 35.9 Å². The van der Waals surface area contributed by atoms with Gasteiger partial charge in [0.15, 0.2) is 0 Å². The molecule has 0 aliphatic heterocycles. The number of pyridine rings is 1. The fourth-order valence-corrected chi connectivity index (χ4v) is 1.01. The Kier molecular flexibility index (Phi) is 2.80. The fraction of sp³-hybridized carbons (Fsp3) is 0.125. The zero-order valence-corrected chi connectivity index (χ0v) is 9.12. The smallest absolute Gasteiger partial charge is 0.0934 e. The molecule has 0 bridgehead atoms. The number of fused-ring (bicyclic) bond motifs is 1. The average molecular weight is 220 g/mol. The first-order chi connectivity index (χ1) is 4.88. The molecular weight excluding hydrogens is 213 g/mol.